The highest BCUT2D eigenvalue weighted by Gasteiger charge is 2.09. The Morgan fingerprint density at radius 3 is 3.15 bits per heavy atom. The van der Waals surface area contributed by atoms with E-state index in [2.05, 4.69) is 30.3 Å². The van der Waals surface area contributed by atoms with Crippen molar-refractivity contribution < 1.29 is 0 Å². The van der Waals surface area contributed by atoms with E-state index >= 15 is 0 Å². The maximum atomic E-state index is 4.42. The monoisotopic (exact) mass is 191 g/mol. The van der Waals surface area contributed by atoms with Crippen LogP contribution in [0.3, 0.4) is 0 Å². The van der Waals surface area contributed by atoms with Gasteiger partial charge in [-0.25, -0.2) is 0 Å². The predicted molar refractivity (Wildman–Crippen MR) is 58.3 cm³/mol. The largest absolute Gasteiger partial charge is 0.255 e. The molecule has 2 heteroatoms. The zero-order chi connectivity index (χ0) is 9.26. The van der Waals surface area contributed by atoms with Crippen molar-refractivity contribution in [1.29, 1.82) is 0 Å². The molecule has 0 amide bonds. The highest BCUT2D eigenvalue weighted by Crippen LogP contribution is 2.30. The zero-order valence-electron chi connectivity index (χ0n) is 7.95. The molecule has 0 spiro atoms. The van der Waals surface area contributed by atoms with Gasteiger partial charge in [-0.1, -0.05) is 13.8 Å². The van der Waals surface area contributed by atoms with Crippen LogP contribution in [0.4, 0.5) is 0 Å². The average molecular weight is 191 g/mol. The molecule has 2 rings (SSSR count). The molecule has 68 valence electrons. The minimum Gasteiger partial charge on any atom is -0.255 e. The Kier molecular flexibility index (Phi) is 2.32. The predicted octanol–water partition coefficient (Wildman–Crippen LogP) is 3.81. The average Bonchev–Trinajstić information content (AvgIpc) is 2.60. The quantitative estimate of drug-likeness (QED) is 0.703. The van der Waals surface area contributed by atoms with Crippen molar-refractivity contribution in [1.82, 2.24) is 4.98 Å². The third-order valence-corrected chi connectivity index (χ3v) is 3.46. The van der Waals surface area contributed by atoms with Crippen molar-refractivity contribution in [2.45, 2.75) is 26.2 Å². The second kappa shape index (κ2) is 3.46. The topological polar surface area (TPSA) is 12.9 Å². The van der Waals surface area contributed by atoms with Crippen LogP contribution in [-0.4, -0.2) is 4.98 Å². The highest BCUT2D eigenvalue weighted by molar-refractivity contribution is 7.17. The molecule has 0 aliphatic heterocycles. The molecule has 1 atom stereocenters. The Hall–Kier alpha value is -0.890. The summed E-state index contributed by atoms with van der Waals surface area (Å²) in [6.45, 7) is 4.48. The summed E-state index contributed by atoms with van der Waals surface area (Å²) in [6.07, 6.45) is 3.06. The van der Waals surface area contributed by atoms with Gasteiger partial charge in [0.2, 0.25) is 0 Å². The molecule has 0 radical (unpaired) electrons. The summed E-state index contributed by atoms with van der Waals surface area (Å²) >= 11 is 1.80. The molecule has 2 heterocycles. The van der Waals surface area contributed by atoms with Crippen molar-refractivity contribution in [3.05, 3.63) is 29.3 Å². The molecule has 1 nitrogen and oxygen atoms in total. The lowest BCUT2D eigenvalue weighted by Crippen LogP contribution is -1.89. The second-order valence-electron chi connectivity index (χ2n) is 3.35. The molecule has 0 aromatic carbocycles. The van der Waals surface area contributed by atoms with E-state index in [4.69, 9.17) is 0 Å². The first-order chi connectivity index (χ1) is 6.33. The second-order valence-corrected chi connectivity index (χ2v) is 4.26. The van der Waals surface area contributed by atoms with Crippen LogP contribution in [-0.2, 0) is 0 Å². The van der Waals surface area contributed by atoms with Crippen LogP contribution in [0.1, 0.15) is 31.7 Å². The van der Waals surface area contributed by atoms with E-state index in [0.717, 1.165) is 0 Å². The Bertz CT molecular complexity index is 405. The van der Waals surface area contributed by atoms with Crippen molar-refractivity contribution in [2.75, 3.05) is 0 Å². The minimum atomic E-state index is 0.628. The van der Waals surface area contributed by atoms with Gasteiger partial charge < -0.3 is 0 Å². The van der Waals surface area contributed by atoms with E-state index in [1.54, 1.807) is 11.3 Å². The lowest BCUT2D eigenvalue weighted by Gasteiger charge is -2.05. The summed E-state index contributed by atoms with van der Waals surface area (Å²) in [5, 5.41) is 2.24. The molecule has 0 aliphatic carbocycles. The fourth-order valence-corrected chi connectivity index (χ4v) is 2.49. The zero-order valence-corrected chi connectivity index (χ0v) is 8.77. The summed E-state index contributed by atoms with van der Waals surface area (Å²) in [4.78, 5) is 4.42. The number of rotatable bonds is 2. The van der Waals surface area contributed by atoms with Gasteiger partial charge in [0.25, 0.3) is 0 Å². The Labute approximate surface area is 82.4 Å². The fraction of sp³-hybridized carbons (Fsp3) is 0.364. The molecule has 0 bridgehead atoms. The van der Waals surface area contributed by atoms with Crippen molar-refractivity contribution >= 4 is 21.6 Å². The van der Waals surface area contributed by atoms with Gasteiger partial charge >= 0.3 is 0 Å². The van der Waals surface area contributed by atoms with Crippen molar-refractivity contribution in [3.63, 3.8) is 0 Å². The van der Waals surface area contributed by atoms with Gasteiger partial charge in [-0.3, -0.25) is 4.98 Å². The Morgan fingerprint density at radius 1 is 1.54 bits per heavy atom. The normalized spacial score (nSPS) is 13.4. The lowest BCUT2D eigenvalue weighted by molar-refractivity contribution is 0.740. The first-order valence-electron chi connectivity index (χ1n) is 4.65. The molecule has 0 N–H and O–H groups in total. The summed E-state index contributed by atoms with van der Waals surface area (Å²) in [6, 6.07) is 4.14. The molecule has 13 heavy (non-hydrogen) atoms. The molecule has 0 saturated heterocycles. The van der Waals surface area contributed by atoms with Gasteiger partial charge in [0.15, 0.2) is 0 Å². The standard InChI is InChI=1S/C11H13NS/c1-3-8(2)9-7-13-10-5-4-6-12-11(9)10/h4-8H,3H2,1-2H3. The summed E-state index contributed by atoms with van der Waals surface area (Å²) < 4.78 is 1.30. The highest BCUT2D eigenvalue weighted by atomic mass is 32.1. The molecular formula is C11H13NS. The summed E-state index contributed by atoms with van der Waals surface area (Å²) in [5.74, 6) is 0.628. The molecule has 1 unspecified atom stereocenters. The molecule has 2 aromatic heterocycles. The SMILES string of the molecule is CCC(C)c1csc2cccnc12. The molecule has 0 saturated carbocycles. The fourth-order valence-electron chi connectivity index (χ4n) is 1.45. The number of aromatic nitrogens is 1. The van der Waals surface area contributed by atoms with Crippen LogP contribution in [0.2, 0.25) is 0 Å². The van der Waals surface area contributed by atoms with Crippen LogP contribution >= 0.6 is 11.3 Å². The first-order valence-corrected chi connectivity index (χ1v) is 5.53. The van der Waals surface area contributed by atoms with Crippen LogP contribution < -0.4 is 0 Å². The van der Waals surface area contributed by atoms with Gasteiger partial charge in [-0.2, -0.15) is 0 Å². The van der Waals surface area contributed by atoms with Gasteiger partial charge in [0, 0.05) is 6.20 Å². The molecular weight excluding hydrogens is 178 g/mol. The number of fused-ring (bicyclic) bond motifs is 1. The Morgan fingerprint density at radius 2 is 2.38 bits per heavy atom. The van der Waals surface area contributed by atoms with Gasteiger partial charge in [0.1, 0.15) is 0 Å². The number of hydrogen-bond acceptors (Lipinski definition) is 2. The number of nitrogens with zero attached hydrogens (tertiary/aromatic N) is 1. The maximum Gasteiger partial charge on any atom is 0.0844 e. The maximum absolute atomic E-state index is 4.42. The third kappa shape index (κ3) is 1.46. The smallest absolute Gasteiger partial charge is 0.0844 e. The first kappa shape index (κ1) is 8.70. The number of hydrogen-bond donors (Lipinski definition) is 0. The summed E-state index contributed by atoms with van der Waals surface area (Å²) in [5.41, 5.74) is 2.60. The molecule has 2 aromatic rings. The van der Waals surface area contributed by atoms with E-state index < -0.39 is 0 Å². The van der Waals surface area contributed by atoms with E-state index in [1.807, 2.05) is 12.3 Å². The van der Waals surface area contributed by atoms with Crippen LogP contribution in [0, 0.1) is 0 Å². The third-order valence-electron chi connectivity index (χ3n) is 2.50. The van der Waals surface area contributed by atoms with Crippen LogP contribution in [0.5, 0.6) is 0 Å². The van der Waals surface area contributed by atoms with Crippen molar-refractivity contribution in [2.24, 2.45) is 0 Å². The van der Waals surface area contributed by atoms with E-state index in [9.17, 15) is 0 Å². The van der Waals surface area contributed by atoms with Gasteiger partial charge in [-0.15, -0.1) is 11.3 Å². The molecule has 0 aliphatic rings. The molecule has 0 fully saturated rings. The van der Waals surface area contributed by atoms with Crippen molar-refractivity contribution in [3.8, 4) is 0 Å². The van der Waals surface area contributed by atoms with E-state index in [-0.39, 0.29) is 0 Å². The van der Waals surface area contributed by atoms with E-state index in [0.29, 0.717) is 5.92 Å². The summed E-state index contributed by atoms with van der Waals surface area (Å²) in [7, 11) is 0. The van der Waals surface area contributed by atoms with E-state index in [1.165, 1.54) is 22.2 Å². The van der Waals surface area contributed by atoms with Gasteiger partial charge in [-0.05, 0) is 35.4 Å². The van der Waals surface area contributed by atoms with Gasteiger partial charge in [0.05, 0.1) is 10.2 Å². The van der Waals surface area contributed by atoms with Crippen LogP contribution in [0.25, 0.3) is 10.2 Å². The lowest BCUT2D eigenvalue weighted by atomic mass is 10.0. The number of thiophene rings is 1. The number of pyridine rings is 1. The van der Waals surface area contributed by atoms with Crippen LogP contribution in [0.15, 0.2) is 23.7 Å². The Balaban J connectivity index is 2.57. The minimum absolute atomic E-state index is 0.628.